The van der Waals surface area contributed by atoms with Crippen LogP contribution in [0.1, 0.15) is 20.8 Å². The zero-order valence-electron chi connectivity index (χ0n) is 11.6. The number of aromatic carboxylic acids is 1. The van der Waals surface area contributed by atoms with Gasteiger partial charge in [0.05, 0.1) is 25.4 Å². The molecule has 8 nitrogen and oxygen atoms in total. The van der Waals surface area contributed by atoms with Gasteiger partial charge in [0.1, 0.15) is 11.6 Å². The number of carbonyl (C=O) groups is 2. The van der Waals surface area contributed by atoms with Crippen LogP contribution in [-0.2, 0) is 6.54 Å². The summed E-state index contributed by atoms with van der Waals surface area (Å²) in [5, 5.41) is 18.2. The summed E-state index contributed by atoms with van der Waals surface area (Å²) in [4.78, 5) is 22.5. The highest BCUT2D eigenvalue weighted by atomic mass is 19.1. The second kappa shape index (κ2) is 6.66. The first kappa shape index (κ1) is 15.4. The average molecular weight is 308 g/mol. The normalized spacial score (nSPS) is 10.3. The van der Waals surface area contributed by atoms with E-state index >= 15 is 0 Å². The van der Waals surface area contributed by atoms with E-state index in [1.54, 1.807) is 0 Å². The molecule has 0 saturated heterocycles. The molecule has 0 spiro atoms. The number of benzene rings is 1. The first-order valence-electron chi connectivity index (χ1n) is 6.26. The number of methoxy groups -OCH3 is 1. The minimum atomic E-state index is -1.19. The number of nitrogens with zero attached hydrogens (tertiary/aromatic N) is 3. The maximum atomic E-state index is 13.6. The molecule has 0 bridgehead atoms. The Bertz CT molecular complexity index is 701. The van der Waals surface area contributed by atoms with E-state index in [1.165, 1.54) is 30.1 Å². The quantitative estimate of drug-likeness (QED) is 0.807. The number of nitrogens with one attached hydrogen (secondary N) is 1. The van der Waals surface area contributed by atoms with Crippen LogP contribution in [0.2, 0.25) is 0 Å². The van der Waals surface area contributed by atoms with Crippen molar-refractivity contribution in [2.24, 2.45) is 0 Å². The highest BCUT2D eigenvalue weighted by molar-refractivity contribution is 5.94. The van der Waals surface area contributed by atoms with Crippen LogP contribution < -0.4 is 10.1 Å². The predicted octanol–water partition coefficient (Wildman–Crippen LogP) is 0.554. The number of hydrogen-bond donors (Lipinski definition) is 2. The third-order valence-corrected chi connectivity index (χ3v) is 2.80. The van der Waals surface area contributed by atoms with Crippen LogP contribution in [0, 0.1) is 5.82 Å². The molecule has 2 rings (SSSR count). The molecule has 0 saturated carbocycles. The van der Waals surface area contributed by atoms with E-state index in [-0.39, 0.29) is 24.3 Å². The lowest BCUT2D eigenvalue weighted by Gasteiger charge is -2.07. The Morgan fingerprint density at radius 2 is 2.23 bits per heavy atom. The van der Waals surface area contributed by atoms with Crippen LogP contribution in [0.4, 0.5) is 4.39 Å². The topological polar surface area (TPSA) is 106 Å². The molecule has 0 fully saturated rings. The van der Waals surface area contributed by atoms with Gasteiger partial charge in [-0.25, -0.2) is 13.9 Å². The lowest BCUT2D eigenvalue weighted by Crippen LogP contribution is -2.28. The highest BCUT2D eigenvalue weighted by Crippen LogP contribution is 2.16. The fourth-order valence-electron chi connectivity index (χ4n) is 1.69. The number of ether oxygens (including phenoxy) is 1. The van der Waals surface area contributed by atoms with E-state index in [9.17, 15) is 14.0 Å². The summed E-state index contributed by atoms with van der Waals surface area (Å²) in [6, 6.07) is 3.85. The first-order chi connectivity index (χ1) is 10.5. The second-order valence-electron chi connectivity index (χ2n) is 4.27. The number of carboxylic acids is 1. The molecule has 1 aromatic carbocycles. The number of halogens is 1. The Hall–Kier alpha value is -2.97. The summed E-state index contributed by atoms with van der Waals surface area (Å²) in [5.74, 6) is -2.08. The molecule has 1 aromatic heterocycles. The molecule has 1 amide bonds. The Balaban J connectivity index is 1.93. The zero-order valence-corrected chi connectivity index (χ0v) is 11.6. The van der Waals surface area contributed by atoms with Crippen molar-refractivity contribution in [3.8, 4) is 5.75 Å². The van der Waals surface area contributed by atoms with Crippen LogP contribution in [0.5, 0.6) is 5.75 Å². The van der Waals surface area contributed by atoms with Gasteiger partial charge in [-0.15, -0.1) is 5.10 Å². The predicted molar refractivity (Wildman–Crippen MR) is 72.3 cm³/mol. The maximum absolute atomic E-state index is 13.6. The van der Waals surface area contributed by atoms with Crippen molar-refractivity contribution in [1.29, 1.82) is 0 Å². The van der Waals surface area contributed by atoms with Crippen LogP contribution in [-0.4, -0.2) is 45.6 Å². The summed E-state index contributed by atoms with van der Waals surface area (Å²) in [7, 11) is 1.42. The standard InChI is InChI=1S/C13H13FN4O4/c1-22-8-2-3-10(14)9(6-8)12(19)15-4-5-18-7-11(13(20)21)16-17-18/h2-3,6-7H,4-5H2,1H3,(H,15,19)(H,20,21). The molecule has 2 aromatic rings. The summed E-state index contributed by atoms with van der Waals surface area (Å²) < 4.78 is 19.8. The van der Waals surface area contributed by atoms with Crippen LogP contribution >= 0.6 is 0 Å². The Labute approximate surface area is 124 Å². The number of aromatic nitrogens is 3. The fourth-order valence-corrected chi connectivity index (χ4v) is 1.69. The van der Waals surface area contributed by atoms with E-state index in [4.69, 9.17) is 9.84 Å². The maximum Gasteiger partial charge on any atom is 0.358 e. The van der Waals surface area contributed by atoms with E-state index in [2.05, 4.69) is 15.6 Å². The van der Waals surface area contributed by atoms with Gasteiger partial charge in [0, 0.05) is 6.54 Å². The number of carbonyl (C=O) groups excluding carboxylic acids is 1. The highest BCUT2D eigenvalue weighted by Gasteiger charge is 2.13. The first-order valence-corrected chi connectivity index (χ1v) is 6.26. The van der Waals surface area contributed by atoms with Crippen molar-refractivity contribution in [2.75, 3.05) is 13.7 Å². The molecular weight excluding hydrogens is 295 g/mol. The molecule has 0 aliphatic carbocycles. The lowest BCUT2D eigenvalue weighted by molar-refractivity contribution is 0.0690. The summed E-state index contributed by atoms with van der Waals surface area (Å²) in [5.41, 5.74) is -0.325. The van der Waals surface area contributed by atoms with Crippen LogP contribution in [0.25, 0.3) is 0 Å². The van der Waals surface area contributed by atoms with Crippen molar-refractivity contribution in [2.45, 2.75) is 6.54 Å². The van der Waals surface area contributed by atoms with Crippen molar-refractivity contribution in [3.63, 3.8) is 0 Å². The molecule has 22 heavy (non-hydrogen) atoms. The molecule has 1 heterocycles. The average Bonchev–Trinajstić information content (AvgIpc) is 2.96. The molecule has 0 radical (unpaired) electrons. The molecule has 0 aliphatic heterocycles. The number of hydrogen-bond acceptors (Lipinski definition) is 5. The molecule has 2 N–H and O–H groups in total. The van der Waals surface area contributed by atoms with E-state index in [0.29, 0.717) is 5.75 Å². The largest absolute Gasteiger partial charge is 0.497 e. The fraction of sp³-hybridized carbons (Fsp3) is 0.231. The van der Waals surface area contributed by atoms with Crippen LogP contribution in [0.15, 0.2) is 24.4 Å². The van der Waals surface area contributed by atoms with Crippen molar-refractivity contribution in [1.82, 2.24) is 20.3 Å². The minimum absolute atomic E-state index is 0.135. The monoisotopic (exact) mass is 308 g/mol. The Morgan fingerprint density at radius 1 is 1.45 bits per heavy atom. The molecule has 9 heteroatoms. The lowest BCUT2D eigenvalue weighted by atomic mass is 10.2. The summed E-state index contributed by atoms with van der Waals surface area (Å²) in [6.07, 6.45) is 1.24. The summed E-state index contributed by atoms with van der Waals surface area (Å²) in [6.45, 7) is 0.343. The Kier molecular flexibility index (Phi) is 4.66. The number of rotatable bonds is 6. The van der Waals surface area contributed by atoms with Crippen molar-refractivity contribution >= 4 is 11.9 Å². The Morgan fingerprint density at radius 3 is 2.86 bits per heavy atom. The van der Waals surface area contributed by atoms with Gasteiger partial charge in [-0.05, 0) is 18.2 Å². The minimum Gasteiger partial charge on any atom is -0.497 e. The third-order valence-electron chi connectivity index (χ3n) is 2.80. The second-order valence-corrected chi connectivity index (χ2v) is 4.27. The SMILES string of the molecule is COc1ccc(F)c(C(=O)NCCn2cc(C(=O)O)nn2)c1. The van der Waals surface area contributed by atoms with Gasteiger partial charge >= 0.3 is 5.97 Å². The molecular formula is C13H13FN4O4. The number of carboxylic acid groups (broad SMARTS) is 1. The molecule has 116 valence electrons. The van der Waals surface area contributed by atoms with Crippen LogP contribution in [0.3, 0.4) is 0 Å². The van der Waals surface area contributed by atoms with Gasteiger partial charge in [0.15, 0.2) is 5.69 Å². The van der Waals surface area contributed by atoms with Gasteiger partial charge in [0.25, 0.3) is 5.91 Å². The van der Waals surface area contributed by atoms with Gasteiger partial charge in [0.2, 0.25) is 0 Å². The van der Waals surface area contributed by atoms with Gasteiger partial charge in [-0.2, -0.15) is 0 Å². The third kappa shape index (κ3) is 3.57. The van der Waals surface area contributed by atoms with Gasteiger partial charge in [-0.1, -0.05) is 5.21 Å². The number of amides is 1. The molecule has 0 aliphatic rings. The molecule has 0 unspecified atom stereocenters. The van der Waals surface area contributed by atoms with E-state index < -0.39 is 17.7 Å². The van der Waals surface area contributed by atoms with E-state index in [0.717, 1.165) is 6.07 Å². The van der Waals surface area contributed by atoms with Gasteiger partial charge < -0.3 is 15.2 Å². The van der Waals surface area contributed by atoms with Crippen molar-refractivity contribution < 1.29 is 23.8 Å². The zero-order chi connectivity index (χ0) is 16.1. The molecule has 0 atom stereocenters. The van der Waals surface area contributed by atoms with Gasteiger partial charge in [-0.3, -0.25) is 4.79 Å². The van der Waals surface area contributed by atoms with Crippen molar-refractivity contribution in [3.05, 3.63) is 41.5 Å². The van der Waals surface area contributed by atoms with E-state index in [1.807, 2.05) is 0 Å². The smallest absolute Gasteiger partial charge is 0.358 e. The summed E-state index contributed by atoms with van der Waals surface area (Å²) >= 11 is 0.